The van der Waals surface area contributed by atoms with Crippen LogP contribution in [0.3, 0.4) is 0 Å². The van der Waals surface area contributed by atoms with Crippen molar-refractivity contribution in [2.24, 2.45) is 0 Å². The number of hydrogen-bond donors (Lipinski definition) is 0. The van der Waals surface area contributed by atoms with Gasteiger partial charge in [-0.05, 0) is 71.6 Å². The van der Waals surface area contributed by atoms with E-state index < -0.39 is 19.9 Å². The number of benzene rings is 2. The lowest BCUT2D eigenvalue weighted by molar-refractivity contribution is 0.588. The first-order chi connectivity index (χ1) is 15.2. The maximum Gasteiger partial charge on any atom is 0.269 e. The minimum absolute atomic E-state index is 0.169. The number of fused-ring (bicyclic) bond motifs is 1. The maximum atomic E-state index is 13.4. The molecule has 2 heterocycles. The molecule has 164 valence electrons. The van der Waals surface area contributed by atoms with Crippen molar-refractivity contribution in [3.05, 3.63) is 77.0 Å². The summed E-state index contributed by atoms with van der Waals surface area (Å²) in [6, 6.07) is 15.1. The lowest BCUT2D eigenvalue weighted by Crippen LogP contribution is -2.12. The molecule has 2 aromatic carbocycles. The zero-order valence-corrected chi connectivity index (χ0v) is 20.3. The molecule has 9 heteroatoms. The minimum Gasteiger partial charge on any atom is -0.236 e. The summed E-state index contributed by atoms with van der Waals surface area (Å²) in [5.74, 6) is 0. The highest BCUT2D eigenvalue weighted by Crippen LogP contribution is 2.36. The van der Waals surface area contributed by atoms with Crippen LogP contribution in [-0.2, 0) is 19.9 Å². The molecule has 0 N–H and O–H groups in total. The van der Waals surface area contributed by atoms with Gasteiger partial charge in [-0.15, -0.1) is 0 Å². The normalized spacial score (nSPS) is 14.7. The van der Waals surface area contributed by atoms with Crippen LogP contribution >= 0.6 is 15.9 Å². The largest absolute Gasteiger partial charge is 0.269 e. The smallest absolute Gasteiger partial charge is 0.236 e. The van der Waals surface area contributed by atoms with E-state index in [0.29, 0.717) is 44.4 Å². The lowest BCUT2D eigenvalue weighted by Gasteiger charge is -2.07. The van der Waals surface area contributed by atoms with Gasteiger partial charge in [0, 0.05) is 27.8 Å². The quantitative estimate of drug-likeness (QED) is 0.364. The van der Waals surface area contributed by atoms with Crippen LogP contribution in [0.2, 0.25) is 0 Å². The molecule has 1 fully saturated rings. The van der Waals surface area contributed by atoms with Crippen LogP contribution < -0.4 is 0 Å². The van der Waals surface area contributed by atoms with Crippen LogP contribution in [0.4, 0.5) is 0 Å². The summed E-state index contributed by atoms with van der Waals surface area (Å²) >= 11 is 3.41. The van der Waals surface area contributed by atoms with Crippen molar-refractivity contribution in [3.8, 4) is 11.1 Å². The average Bonchev–Trinajstić information content (AvgIpc) is 3.56. The molecule has 0 unspecified atom stereocenters. The van der Waals surface area contributed by atoms with Crippen LogP contribution in [-0.4, -0.2) is 31.0 Å². The summed E-state index contributed by atoms with van der Waals surface area (Å²) in [5.41, 5.74) is 2.63. The van der Waals surface area contributed by atoms with Gasteiger partial charge in [0.1, 0.15) is 0 Å². The van der Waals surface area contributed by atoms with Gasteiger partial charge in [0.15, 0.2) is 15.5 Å². The van der Waals surface area contributed by atoms with Gasteiger partial charge in [0.25, 0.3) is 10.0 Å². The van der Waals surface area contributed by atoms with Gasteiger partial charge in [-0.25, -0.2) is 25.8 Å². The highest BCUT2D eigenvalue weighted by Gasteiger charge is 2.36. The third-order valence-electron chi connectivity index (χ3n) is 5.61. The number of pyridine rings is 1. The summed E-state index contributed by atoms with van der Waals surface area (Å²) in [6.45, 7) is 1.89. The van der Waals surface area contributed by atoms with Crippen LogP contribution in [0.5, 0.6) is 0 Å². The first kappa shape index (κ1) is 21.4. The highest BCUT2D eigenvalue weighted by atomic mass is 79.9. The van der Waals surface area contributed by atoms with Crippen molar-refractivity contribution in [1.82, 2.24) is 8.96 Å². The number of hydrogen-bond acceptors (Lipinski definition) is 5. The van der Waals surface area contributed by atoms with Gasteiger partial charge in [0.2, 0.25) is 0 Å². The Morgan fingerprint density at radius 1 is 0.938 bits per heavy atom. The monoisotopic (exact) mass is 530 g/mol. The van der Waals surface area contributed by atoms with Crippen LogP contribution in [0, 0.1) is 6.92 Å². The molecule has 0 amide bonds. The maximum absolute atomic E-state index is 13.4. The van der Waals surface area contributed by atoms with Crippen molar-refractivity contribution in [1.29, 1.82) is 0 Å². The Labute approximate surface area is 195 Å². The topological polar surface area (TPSA) is 86.1 Å². The highest BCUT2D eigenvalue weighted by molar-refractivity contribution is 9.10. The van der Waals surface area contributed by atoms with E-state index >= 15 is 0 Å². The fourth-order valence-corrected chi connectivity index (χ4v) is 7.00. The van der Waals surface area contributed by atoms with Crippen LogP contribution in [0.15, 0.2) is 81.3 Å². The fraction of sp³-hybridized carbons (Fsp3) is 0.174. The van der Waals surface area contributed by atoms with Crippen LogP contribution in [0.1, 0.15) is 18.4 Å². The molecule has 4 aromatic rings. The Hall–Kier alpha value is -2.49. The molecule has 0 bridgehead atoms. The Morgan fingerprint density at radius 3 is 2.19 bits per heavy atom. The Balaban J connectivity index is 1.66. The Kier molecular flexibility index (Phi) is 5.03. The number of sulfone groups is 1. The molecule has 0 atom stereocenters. The molecule has 1 saturated carbocycles. The van der Waals surface area contributed by atoms with Crippen molar-refractivity contribution >= 4 is 46.8 Å². The first-order valence-electron chi connectivity index (χ1n) is 10.0. The standard InChI is InChI=1S/C23H19BrN2O4S2/c1-15-2-6-20(7-3-15)32(29,30)26-14-22(21-12-17(24)13-25-23(21)26)16-4-8-18(9-5-16)31(27,28)19-10-11-19/h2-9,12-14,19H,10-11H2,1H3. The molecule has 6 nitrogen and oxygen atoms in total. The lowest BCUT2D eigenvalue weighted by atomic mass is 10.1. The molecule has 0 saturated heterocycles. The Morgan fingerprint density at radius 2 is 1.56 bits per heavy atom. The average molecular weight is 531 g/mol. The number of aryl methyl sites for hydroxylation is 1. The third-order valence-corrected chi connectivity index (χ3v) is 9.99. The third kappa shape index (κ3) is 3.58. The molecule has 5 rings (SSSR count). The van der Waals surface area contributed by atoms with E-state index in [9.17, 15) is 16.8 Å². The molecular formula is C23H19BrN2O4S2. The summed E-state index contributed by atoms with van der Waals surface area (Å²) in [5, 5.41) is 0.364. The second-order valence-electron chi connectivity index (χ2n) is 7.95. The molecule has 0 aliphatic heterocycles. The molecule has 0 spiro atoms. The summed E-state index contributed by atoms with van der Waals surface area (Å²) in [6.07, 6.45) is 4.50. The van der Waals surface area contributed by atoms with Gasteiger partial charge in [0.05, 0.1) is 15.0 Å². The van der Waals surface area contributed by atoms with E-state index in [0.717, 1.165) is 5.56 Å². The number of halogens is 1. The van der Waals surface area contributed by atoms with Gasteiger partial charge in [-0.3, -0.25) is 0 Å². The number of rotatable bonds is 5. The fourth-order valence-electron chi connectivity index (χ4n) is 3.69. The molecular weight excluding hydrogens is 512 g/mol. The molecule has 1 aliphatic rings. The summed E-state index contributed by atoms with van der Waals surface area (Å²) < 4.78 is 53.7. The van der Waals surface area contributed by atoms with Gasteiger partial charge >= 0.3 is 0 Å². The first-order valence-corrected chi connectivity index (χ1v) is 13.8. The van der Waals surface area contributed by atoms with E-state index in [-0.39, 0.29) is 10.1 Å². The van der Waals surface area contributed by atoms with E-state index in [1.54, 1.807) is 60.9 Å². The summed E-state index contributed by atoms with van der Waals surface area (Å²) in [4.78, 5) is 4.82. The van der Waals surface area contributed by atoms with Crippen molar-refractivity contribution in [3.63, 3.8) is 0 Å². The zero-order valence-electron chi connectivity index (χ0n) is 17.1. The molecule has 2 aromatic heterocycles. The summed E-state index contributed by atoms with van der Waals surface area (Å²) in [7, 11) is -7.17. The van der Waals surface area contributed by atoms with Gasteiger partial charge in [-0.2, -0.15) is 0 Å². The van der Waals surface area contributed by atoms with Crippen molar-refractivity contribution in [2.75, 3.05) is 0 Å². The van der Waals surface area contributed by atoms with E-state index in [1.165, 1.54) is 3.97 Å². The van der Waals surface area contributed by atoms with E-state index in [1.807, 2.05) is 13.0 Å². The van der Waals surface area contributed by atoms with Gasteiger partial charge < -0.3 is 0 Å². The van der Waals surface area contributed by atoms with Gasteiger partial charge in [-0.1, -0.05) is 29.8 Å². The second kappa shape index (κ2) is 7.54. The minimum atomic E-state index is -3.87. The molecule has 1 aliphatic carbocycles. The predicted molar refractivity (Wildman–Crippen MR) is 127 cm³/mol. The Bertz CT molecular complexity index is 1550. The zero-order chi connectivity index (χ0) is 22.7. The molecule has 0 radical (unpaired) electrons. The van der Waals surface area contributed by atoms with Crippen molar-refractivity contribution < 1.29 is 16.8 Å². The van der Waals surface area contributed by atoms with E-state index in [2.05, 4.69) is 20.9 Å². The van der Waals surface area contributed by atoms with Crippen LogP contribution in [0.25, 0.3) is 22.2 Å². The van der Waals surface area contributed by atoms with E-state index in [4.69, 9.17) is 0 Å². The number of aromatic nitrogens is 2. The predicted octanol–water partition coefficient (Wildman–Crippen LogP) is 4.95. The second-order valence-corrected chi connectivity index (χ2v) is 12.9. The SMILES string of the molecule is Cc1ccc(S(=O)(=O)n2cc(-c3ccc(S(=O)(=O)C4CC4)cc3)c3cc(Br)cnc32)cc1. The van der Waals surface area contributed by atoms with Crippen molar-refractivity contribution in [2.45, 2.75) is 34.8 Å². The number of nitrogens with zero attached hydrogens (tertiary/aromatic N) is 2. The molecule has 32 heavy (non-hydrogen) atoms.